The summed E-state index contributed by atoms with van der Waals surface area (Å²) in [7, 11) is 1.59. The number of aliphatic carboxylic acids is 1. The number of hydrogen-bond donors (Lipinski definition) is 1. The first-order valence-electron chi connectivity index (χ1n) is 6.14. The van der Waals surface area contributed by atoms with Gasteiger partial charge in [-0.1, -0.05) is 13.0 Å². The van der Waals surface area contributed by atoms with Gasteiger partial charge in [0.05, 0.1) is 20.1 Å². The van der Waals surface area contributed by atoms with E-state index in [0.29, 0.717) is 12.4 Å². The standard InChI is InChI=1S/C14H18O4/c1-3-10-4-5-12(17-2)11(8-10)14(6-7-18-14)9-13(15)16/h4-5,8H,3,6-7,9H2,1-2H3,(H,15,16). The Morgan fingerprint density at radius 3 is 2.72 bits per heavy atom. The van der Waals surface area contributed by atoms with Gasteiger partial charge in [-0.25, -0.2) is 0 Å². The second-order valence-electron chi connectivity index (χ2n) is 4.55. The van der Waals surface area contributed by atoms with E-state index in [4.69, 9.17) is 14.6 Å². The molecule has 0 aromatic heterocycles. The number of carbonyl (C=O) groups is 1. The Morgan fingerprint density at radius 2 is 2.28 bits per heavy atom. The third-order valence-corrected chi connectivity index (χ3v) is 3.48. The highest BCUT2D eigenvalue weighted by atomic mass is 16.5. The van der Waals surface area contributed by atoms with Gasteiger partial charge in [0.15, 0.2) is 0 Å². The van der Waals surface area contributed by atoms with Crippen LogP contribution in [0.2, 0.25) is 0 Å². The van der Waals surface area contributed by atoms with E-state index >= 15 is 0 Å². The molecule has 1 aliphatic rings. The fourth-order valence-corrected chi connectivity index (χ4v) is 2.37. The van der Waals surface area contributed by atoms with Crippen LogP contribution in [0.3, 0.4) is 0 Å². The van der Waals surface area contributed by atoms with Crippen molar-refractivity contribution in [3.05, 3.63) is 29.3 Å². The molecule has 4 heteroatoms. The van der Waals surface area contributed by atoms with Crippen molar-refractivity contribution in [2.45, 2.75) is 31.8 Å². The minimum atomic E-state index is -0.848. The second kappa shape index (κ2) is 4.98. The van der Waals surface area contributed by atoms with Crippen LogP contribution in [-0.4, -0.2) is 24.8 Å². The van der Waals surface area contributed by atoms with E-state index in [-0.39, 0.29) is 6.42 Å². The number of methoxy groups -OCH3 is 1. The lowest BCUT2D eigenvalue weighted by Gasteiger charge is -2.42. The van der Waals surface area contributed by atoms with E-state index in [0.717, 1.165) is 24.0 Å². The third kappa shape index (κ3) is 2.20. The molecule has 1 heterocycles. The van der Waals surface area contributed by atoms with Gasteiger partial charge in [-0.3, -0.25) is 4.79 Å². The highest BCUT2D eigenvalue weighted by Gasteiger charge is 2.44. The van der Waals surface area contributed by atoms with Crippen molar-refractivity contribution in [2.75, 3.05) is 13.7 Å². The average Bonchev–Trinajstić information content (AvgIpc) is 2.32. The van der Waals surface area contributed by atoms with Crippen molar-refractivity contribution in [3.63, 3.8) is 0 Å². The zero-order valence-corrected chi connectivity index (χ0v) is 10.7. The van der Waals surface area contributed by atoms with E-state index in [2.05, 4.69) is 6.92 Å². The molecule has 0 saturated carbocycles. The van der Waals surface area contributed by atoms with Gasteiger partial charge in [-0.2, -0.15) is 0 Å². The Labute approximate surface area is 107 Å². The minimum Gasteiger partial charge on any atom is -0.496 e. The lowest BCUT2D eigenvalue weighted by atomic mass is 9.82. The molecule has 2 rings (SSSR count). The summed E-state index contributed by atoms with van der Waals surface area (Å²) in [6.07, 6.45) is 1.61. The smallest absolute Gasteiger partial charge is 0.306 e. The summed E-state index contributed by atoms with van der Waals surface area (Å²) in [4.78, 5) is 11.0. The largest absolute Gasteiger partial charge is 0.496 e. The molecule has 1 aromatic carbocycles. The van der Waals surface area contributed by atoms with Crippen LogP contribution in [0.5, 0.6) is 5.75 Å². The summed E-state index contributed by atoms with van der Waals surface area (Å²) in [6, 6.07) is 5.88. The molecule has 1 saturated heterocycles. The lowest BCUT2D eigenvalue weighted by molar-refractivity contribution is -0.176. The molecular weight excluding hydrogens is 232 g/mol. The van der Waals surface area contributed by atoms with Crippen molar-refractivity contribution < 1.29 is 19.4 Å². The maximum Gasteiger partial charge on any atom is 0.306 e. The van der Waals surface area contributed by atoms with Gasteiger partial charge in [0, 0.05) is 12.0 Å². The van der Waals surface area contributed by atoms with Crippen LogP contribution in [0.4, 0.5) is 0 Å². The fraction of sp³-hybridized carbons (Fsp3) is 0.500. The van der Waals surface area contributed by atoms with Gasteiger partial charge in [-0.05, 0) is 24.1 Å². The van der Waals surface area contributed by atoms with Crippen LogP contribution in [0.15, 0.2) is 18.2 Å². The Balaban J connectivity index is 2.43. The monoisotopic (exact) mass is 250 g/mol. The molecule has 98 valence electrons. The molecule has 1 unspecified atom stereocenters. The molecule has 1 fully saturated rings. The predicted octanol–water partition coefficient (Wildman–Crippen LogP) is 2.35. The molecule has 0 amide bonds. The Morgan fingerprint density at radius 1 is 1.56 bits per heavy atom. The molecule has 0 bridgehead atoms. The Kier molecular flexibility index (Phi) is 3.57. The maximum absolute atomic E-state index is 11.0. The quantitative estimate of drug-likeness (QED) is 0.871. The van der Waals surface area contributed by atoms with Crippen molar-refractivity contribution in [2.24, 2.45) is 0 Å². The molecule has 0 radical (unpaired) electrons. The number of hydrogen-bond acceptors (Lipinski definition) is 3. The van der Waals surface area contributed by atoms with Crippen molar-refractivity contribution >= 4 is 5.97 Å². The molecular formula is C14H18O4. The van der Waals surface area contributed by atoms with Crippen molar-refractivity contribution in [1.82, 2.24) is 0 Å². The van der Waals surface area contributed by atoms with Crippen molar-refractivity contribution in [1.29, 1.82) is 0 Å². The molecule has 1 aliphatic heterocycles. The third-order valence-electron chi connectivity index (χ3n) is 3.48. The summed E-state index contributed by atoms with van der Waals surface area (Å²) in [5, 5.41) is 9.04. The van der Waals surface area contributed by atoms with Gasteiger partial charge >= 0.3 is 5.97 Å². The second-order valence-corrected chi connectivity index (χ2v) is 4.55. The van der Waals surface area contributed by atoms with Crippen LogP contribution in [-0.2, 0) is 21.6 Å². The van der Waals surface area contributed by atoms with Gasteiger partial charge in [0.1, 0.15) is 11.4 Å². The molecule has 1 N–H and O–H groups in total. The summed E-state index contributed by atoms with van der Waals surface area (Å²) >= 11 is 0. The first-order chi connectivity index (χ1) is 8.61. The van der Waals surface area contributed by atoms with Gasteiger partial charge in [-0.15, -0.1) is 0 Å². The fourth-order valence-electron chi connectivity index (χ4n) is 2.37. The Hall–Kier alpha value is -1.55. The predicted molar refractivity (Wildman–Crippen MR) is 66.9 cm³/mol. The number of carboxylic acids is 1. The zero-order valence-electron chi connectivity index (χ0n) is 10.7. The molecule has 4 nitrogen and oxygen atoms in total. The first-order valence-corrected chi connectivity index (χ1v) is 6.14. The lowest BCUT2D eigenvalue weighted by Crippen LogP contribution is -2.43. The van der Waals surface area contributed by atoms with E-state index in [9.17, 15) is 4.79 Å². The van der Waals surface area contributed by atoms with Crippen LogP contribution in [0.25, 0.3) is 0 Å². The SMILES string of the molecule is CCc1ccc(OC)c(C2(CC(=O)O)CCO2)c1. The topological polar surface area (TPSA) is 55.8 Å². The number of rotatable bonds is 5. The summed E-state index contributed by atoms with van der Waals surface area (Å²) in [6.45, 7) is 2.67. The van der Waals surface area contributed by atoms with Crippen molar-refractivity contribution in [3.8, 4) is 5.75 Å². The molecule has 0 spiro atoms. The highest BCUT2D eigenvalue weighted by Crippen LogP contribution is 2.44. The number of aryl methyl sites for hydroxylation is 1. The van der Waals surface area contributed by atoms with Crippen LogP contribution in [0.1, 0.15) is 30.9 Å². The van der Waals surface area contributed by atoms with E-state index in [1.54, 1.807) is 7.11 Å². The zero-order chi connectivity index (χ0) is 13.2. The molecule has 1 aromatic rings. The van der Waals surface area contributed by atoms with E-state index in [1.807, 2.05) is 18.2 Å². The van der Waals surface area contributed by atoms with Crippen LogP contribution < -0.4 is 4.74 Å². The summed E-state index contributed by atoms with van der Waals surface area (Å²) < 4.78 is 10.9. The van der Waals surface area contributed by atoms with E-state index in [1.165, 1.54) is 0 Å². The Bertz CT molecular complexity index is 449. The molecule has 1 atom stereocenters. The number of ether oxygens (including phenoxy) is 2. The first kappa shape index (κ1) is 12.9. The van der Waals surface area contributed by atoms with Gasteiger partial charge in [0.2, 0.25) is 0 Å². The number of benzene rings is 1. The van der Waals surface area contributed by atoms with Crippen LogP contribution in [0, 0.1) is 0 Å². The highest BCUT2D eigenvalue weighted by molar-refractivity contribution is 5.69. The minimum absolute atomic E-state index is 0.0173. The summed E-state index contributed by atoms with van der Waals surface area (Å²) in [5.74, 6) is -0.146. The normalized spacial score (nSPS) is 22.3. The van der Waals surface area contributed by atoms with E-state index < -0.39 is 11.6 Å². The van der Waals surface area contributed by atoms with Crippen LogP contribution >= 0.6 is 0 Å². The molecule has 0 aliphatic carbocycles. The number of carboxylic acid groups (broad SMARTS) is 1. The van der Waals surface area contributed by atoms with Gasteiger partial charge in [0.25, 0.3) is 0 Å². The summed E-state index contributed by atoms with van der Waals surface area (Å²) in [5.41, 5.74) is 1.31. The van der Waals surface area contributed by atoms with Gasteiger partial charge < -0.3 is 14.6 Å². The average molecular weight is 250 g/mol. The molecule has 18 heavy (non-hydrogen) atoms. The maximum atomic E-state index is 11.0.